The molecule has 0 saturated carbocycles. The smallest absolute Gasteiger partial charge is 0.259 e. The number of imidazole rings is 1. The molecule has 3 aromatic heterocycles. The third kappa shape index (κ3) is 2.76. The Hall–Kier alpha value is -2.73. The van der Waals surface area contributed by atoms with Crippen LogP contribution in [0.2, 0.25) is 0 Å². The number of nitrogens with zero attached hydrogens (tertiary/aromatic N) is 3. The first kappa shape index (κ1) is 14.8. The highest BCUT2D eigenvalue weighted by Crippen LogP contribution is 2.31. The lowest BCUT2D eigenvalue weighted by atomic mass is 10.1. The van der Waals surface area contributed by atoms with Crippen molar-refractivity contribution in [3.05, 3.63) is 70.3 Å². The van der Waals surface area contributed by atoms with Gasteiger partial charge in [0, 0.05) is 24.5 Å². The molecule has 24 heavy (non-hydrogen) atoms. The number of hydrogen-bond donors (Lipinski definition) is 1. The van der Waals surface area contributed by atoms with Gasteiger partial charge in [0.2, 0.25) is 0 Å². The average molecular weight is 336 g/mol. The Morgan fingerprint density at radius 2 is 2.04 bits per heavy atom. The summed E-state index contributed by atoms with van der Waals surface area (Å²) in [4.78, 5) is 26.0. The minimum Gasteiger partial charge on any atom is -0.340 e. The Balaban J connectivity index is 1.75. The van der Waals surface area contributed by atoms with Crippen LogP contribution in [0.1, 0.15) is 17.1 Å². The molecule has 0 aliphatic heterocycles. The standard InChI is InChI=1S/C18H16N4OS/c1-11-3-5-12(6-4-11)15-8-14-17(23)20-16(21-18(14)24-15)7-13-9-22(2)10-19-13/h3-6,8-10H,7H2,1-2H3,(H,20,21,23). The molecule has 5 nitrogen and oxygen atoms in total. The summed E-state index contributed by atoms with van der Waals surface area (Å²) in [5, 5.41) is 0.639. The maximum atomic E-state index is 12.4. The zero-order valence-corrected chi connectivity index (χ0v) is 14.2. The van der Waals surface area contributed by atoms with E-state index in [9.17, 15) is 4.79 Å². The number of rotatable bonds is 3. The van der Waals surface area contributed by atoms with E-state index in [0.717, 1.165) is 21.0 Å². The van der Waals surface area contributed by atoms with E-state index in [1.807, 2.05) is 23.9 Å². The minimum absolute atomic E-state index is 0.0967. The summed E-state index contributed by atoms with van der Waals surface area (Å²) < 4.78 is 1.88. The van der Waals surface area contributed by atoms with E-state index in [1.54, 1.807) is 17.7 Å². The number of benzene rings is 1. The lowest BCUT2D eigenvalue weighted by Gasteiger charge is -1.97. The van der Waals surface area contributed by atoms with Crippen molar-refractivity contribution in [3.8, 4) is 10.4 Å². The third-order valence-electron chi connectivity index (χ3n) is 3.89. The van der Waals surface area contributed by atoms with Gasteiger partial charge in [-0.25, -0.2) is 9.97 Å². The minimum atomic E-state index is -0.0967. The van der Waals surface area contributed by atoms with Crippen molar-refractivity contribution in [1.29, 1.82) is 0 Å². The maximum absolute atomic E-state index is 12.4. The summed E-state index contributed by atoms with van der Waals surface area (Å²) in [7, 11) is 1.92. The molecule has 0 aliphatic rings. The summed E-state index contributed by atoms with van der Waals surface area (Å²) in [5.41, 5.74) is 3.11. The van der Waals surface area contributed by atoms with Crippen LogP contribution in [0.5, 0.6) is 0 Å². The van der Waals surface area contributed by atoms with Gasteiger partial charge in [0.1, 0.15) is 10.7 Å². The summed E-state index contributed by atoms with van der Waals surface area (Å²) in [6, 6.07) is 10.2. The zero-order chi connectivity index (χ0) is 16.7. The molecule has 0 radical (unpaired) electrons. The second kappa shape index (κ2) is 5.72. The van der Waals surface area contributed by atoms with Crippen LogP contribution in [-0.4, -0.2) is 19.5 Å². The van der Waals surface area contributed by atoms with Crippen LogP contribution in [0.3, 0.4) is 0 Å². The lowest BCUT2D eigenvalue weighted by Crippen LogP contribution is -2.11. The Morgan fingerprint density at radius 1 is 1.25 bits per heavy atom. The van der Waals surface area contributed by atoms with E-state index in [4.69, 9.17) is 0 Å². The summed E-state index contributed by atoms with van der Waals surface area (Å²) in [6.07, 6.45) is 4.19. The van der Waals surface area contributed by atoms with Crippen molar-refractivity contribution >= 4 is 21.6 Å². The van der Waals surface area contributed by atoms with E-state index in [0.29, 0.717) is 17.6 Å². The molecule has 120 valence electrons. The van der Waals surface area contributed by atoms with Gasteiger partial charge in [0.15, 0.2) is 0 Å². The van der Waals surface area contributed by atoms with Gasteiger partial charge in [-0.3, -0.25) is 4.79 Å². The molecule has 0 atom stereocenters. The summed E-state index contributed by atoms with van der Waals surface area (Å²) in [5.74, 6) is 0.642. The summed E-state index contributed by atoms with van der Waals surface area (Å²) in [6.45, 7) is 2.06. The van der Waals surface area contributed by atoms with Crippen molar-refractivity contribution < 1.29 is 0 Å². The molecule has 6 heteroatoms. The van der Waals surface area contributed by atoms with Crippen molar-refractivity contribution in [2.45, 2.75) is 13.3 Å². The van der Waals surface area contributed by atoms with Crippen molar-refractivity contribution in [2.24, 2.45) is 7.05 Å². The summed E-state index contributed by atoms with van der Waals surface area (Å²) >= 11 is 1.54. The zero-order valence-electron chi connectivity index (χ0n) is 13.4. The first-order valence-electron chi connectivity index (χ1n) is 7.65. The predicted molar refractivity (Wildman–Crippen MR) is 96.4 cm³/mol. The number of nitrogens with one attached hydrogen (secondary N) is 1. The first-order valence-corrected chi connectivity index (χ1v) is 8.47. The van der Waals surface area contributed by atoms with Crippen LogP contribution in [0, 0.1) is 6.92 Å². The number of thiophene rings is 1. The van der Waals surface area contributed by atoms with Crippen molar-refractivity contribution in [3.63, 3.8) is 0 Å². The van der Waals surface area contributed by atoms with Crippen LogP contribution >= 0.6 is 11.3 Å². The van der Waals surface area contributed by atoms with Gasteiger partial charge in [-0.1, -0.05) is 29.8 Å². The number of aromatic amines is 1. The molecule has 4 aromatic rings. The number of fused-ring (bicyclic) bond motifs is 1. The third-order valence-corrected chi connectivity index (χ3v) is 4.97. The van der Waals surface area contributed by atoms with E-state index < -0.39 is 0 Å². The van der Waals surface area contributed by atoms with Crippen LogP contribution in [0.4, 0.5) is 0 Å². The molecule has 3 heterocycles. The molecular formula is C18H16N4OS. The highest BCUT2D eigenvalue weighted by atomic mass is 32.1. The fraction of sp³-hybridized carbons (Fsp3) is 0.167. The highest BCUT2D eigenvalue weighted by Gasteiger charge is 2.11. The molecule has 0 fully saturated rings. The predicted octanol–water partition coefficient (Wildman–Crippen LogP) is 3.28. The van der Waals surface area contributed by atoms with E-state index >= 15 is 0 Å². The monoisotopic (exact) mass is 336 g/mol. The molecule has 0 aliphatic carbocycles. The second-order valence-electron chi connectivity index (χ2n) is 5.92. The second-order valence-corrected chi connectivity index (χ2v) is 6.95. The molecule has 1 aromatic carbocycles. The highest BCUT2D eigenvalue weighted by molar-refractivity contribution is 7.21. The maximum Gasteiger partial charge on any atom is 0.259 e. The van der Waals surface area contributed by atoms with Gasteiger partial charge < -0.3 is 9.55 Å². The van der Waals surface area contributed by atoms with E-state index in [2.05, 4.69) is 46.1 Å². The largest absolute Gasteiger partial charge is 0.340 e. The molecule has 0 amide bonds. The van der Waals surface area contributed by atoms with Gasteiger partial charge in [0.05, 0.1) is 17.4 Å². The quantitative estimate of drug-likeness (QED) is 0.624. The van der Waals surface area contributed by atoms with E-state index in [1.165, 1.54) is 5.56 Å². The van der Waals surface area contributed by atoms with Crippen LogP contribution in [-0.2, 0) is 13.5 Å². The van der Waals surface area contributed by atoms with Gasteiger partial charge in [-0.15, -0.1) is 11.3 Å². The van der Waals surface area contributed by atoms with Crippen LogP contribution < -0.4 is 5.56 Å². The van der Waals surface area contributed by atoms with Crippen LogP contribution in [0.15, 0.2) is 47.7 Å². The Morgan fingerprint density at radius 3 is 2.75 bits per heavy atom. The molecule has 1 N–H and O–H groups in total. The number of hydrogen-bond acceptors (Lipinski definition) is 4. The molecule has 0 saturated heterocycles. The SMILES string of the molecule is Cc1ccc(-c2cc3c(=O)[nH]c(Cc4cn(C)cn4)nc3s2)cc1. The fourth-order valence-corrected chi connectivity index (χ4v) is 3.71. The topological polar surface area (TPSA) is 63.6 Å². The molecule has 0 bridgehead atoms. The van der Waals surface area contributed by atoms with Gasteiger partial charge in [0.25, 0.3) is 5.56 Å². The fourth-order valence-electron chi connectivity index (χ4n) is 2.65. The number of aryl methyl sites for hydroxylation is 2. The molecule has 0 spiro atoms. The van der Waals surface area contributed by atoms with Crippen molar-refractivity contribution in [1.82, 2.24) is 19.5 Å². The Kier molecular flexibility index (Phi) is 3.54. The van der Waals surface area contributed by atoms with Gasteiger partial charge in [-0.2, -0.15) is 0 Å². The van der Waals surface area contributed by atoms with Gasteiger partial charge in [-0.05, 0) is 18.6 Å². The van der Waals surface area contributed by atoms with Crippen LogP contribution in [0.25, 0.3) is 20.7 Å². The van der Waals surface area contributed by atoms with Crippen molar-refractivity contribution in [2.75, 3.05) is 0 Å². The molecular weight excluding hydrogens is 320 g/mol. The lowest BCUT2D eigenvalue weighted by molar-refractivity contribution is 0.910. The molecule has 0 unspecified atom stereocenters. The van der Waals surface area contributed by atoms with E-state index in [-0.39, 0.29) is 5.56 Å². The molecule has 4 rings (SSSR count). The average Bonchev–Trinajstić information content (AvgIpc) is 3.15. The first-order chi connectivity index (χ1) is 11.6. The Labute approximate surface area is 142 Å². The van der Waals surface area contributed by atoms with Gasteiger partial charge >= 0.3 is 0 Å². The number of aromatic nitrogens is 4. The normalized spacial score (nSPS) is 11.2. The number of H-pyrrole nitrogens is 1. The Bertz CT molecular complexity index is 1070.